The number of nitrogens with one attached hydrogen (secondary N) is 2. The zero-order valence-corrected chi connectivity index (χ0v) is 32.2. The number of thiazole rings is 1. The van der Waals surface area contributed by atoms with Gasteiger partial charge in [-0.2, -0.15) is 0 Å². The molecule has 2 saturated heterocycles. The number of aromatic nitrogens is 2. The van der Waals surface area contributed by atoms with E-state index in [9.17, 15) is 19.5 Å². The highest BCUT2D eigenvalue weighted by atomic mass is 32.2. The van der Waals surface area contributed by atoms with Gasteiger partial charge >= 0.3 is 5.97 Å². The van der Waals surface area contributed by atoms with Crippen molar-refractivity contribution in [1.82, 2.24) is 20.2 Å². The van der Waals surface area contributed by atoms with Gasteiger partial charge in [-0.05, 0) is 49.6 Å². The van der Waals surface area contributed by atoms with E-state index in [4.69, 9.17) is 14.6 Å². The van der Waals surface area contributed by atoms with Crippen LogP contribution < -0.4 is 10.6 Å². The summed E-state index contributed by atoms with van der Waals surface area (Å²) in [6, 6.07) is 33.5. The van der Waals surface area contributed by atoms with E-state index in [0.717, 1.165) is 21.6 Å². The van der Waals surface area contributed by atoms with Gasteiger partial charge < -0.3 is 25.3 Å². The molecular formula is C41H40N6O6S2. The Morgan fingerprint density at radius 2 is 1.49 bits per heavy atom. The number of carbonyl (C=O) groups excluding carboxylic acids is 3. The Balaban J connectivity index is 1.16. The third-order valence-corrected chi connectivity index (χ3v) is 11.6. The van der Waals surface area contributed by atoms with E-state index >= 15 is 0 Å². The fourth-order valence-corrected chi connectivity index (χ4v) is 9.23. The highest BCUT2D eigenvalue weighted by molar-refractivity contribution is 7.99. The van der Waals surface area contributed by atoms with Crippen molar-refractivity contribution in [3.63, 3.8) is 0 Å². The minimum absolute atomic E-state index is 0.153. The molecular weight excluding hydrogens is 737 g/mol. The highest BCUT2D eigenvalue weighted by Crippen LogP contribution is 2.51. The van der Waals surface area contributed by atoms with Gasteiger partial charge in [-0.1, -0.05) is 102 Å². The normalized spacial score (nSPS) is 21.2. The molecule has 2 amide bonds. The predicted molar refractivity (Wildman–Crippen MR) is 211 cm³/mol. The van der Waals surface area contributed by atoms with Crippen molar-refractivity contribution in [1.29, 1.82) is 0 Å². The van der Waals surface area contributed by atoms with Gasteiger partial charge in [0, 0.05) is 17.3 Å². The Morgan fingerprint density at radius 3 is 2.02 bits per heavy atom. The first-order chi connectivity index (χ1) is 26.5. The first-order valence-electron chi connectivity index (χ1n) is 17.6. The van der Waals surface area contributed by atoms with E-state index in [-0.39, 0.29) is 11.4 Å². The molecule has 4 unspecified atom stereocenters. The zero-order chi connectivity index (χ0) is 38.8. The van der Waals surface area contributed by atoms with Gasteiger partial charge in [0.1, 0.15) is 35.2 Å². The number of rotatable bonds is 11. The molecule has 55 heavy (non-hydrogen) atoms. The largest absolute Gasteiger partial charge is 0.456 e. The second-order valence-electron chi connectivity index (χ2n) is 14.1. The number of β-lactam (4-membered cyclic amide) rings is 1. The fraction of sp³-hybridized carbons (Fsp3) is 0.268. The number of pyridine rings is 1. The van der Waals surface area contributed by atoms with Crippen LogP contribution >= 0.6 is 23.1 Å². The lowest BCUT2D eigenvalue weighted by Crippen LogP contribution is -2.82. The Hall–Kier alpha value is -5.57. The number of nitrogens with zero attached hydrogens (tertiary/aromatic N) is 4. The summed E-state index contributed by atoms with van der Waals surface area (Å²) in [5.41, 5.74) is -0.785. The van der Waals surface area contributed by atoms with Crippen LogP contribution in [0.4, 0.5) is 5.13 Å². The lowest BCUT2D eigenvalue weighted by atomic mass is 9.77. The summed E-state index contributed by atoms with van der Waals surface area (Å²) in [5.74, 6) is -2.04. The van der Waals surface area contributed by atoms with E-state index in [0.29, 0.717) is 16.6 Å². The van der Waals surface area contributed by atoms with Crippen molar-refractivity contribution in [2.45, 2.75) is 55.0 Å². The maximum absolute atomic E-state index is 14.0. The van der Waals surface area contributed by atoms with Crippen LogP contribution in [-0.4, -0.2) is 79.7 Å². The number of thioether (sulfide) groups is 1. The van der Waals surface area contributed by atoms with Crippen LogP contribution in [0.15, 0.2) is 126 Å². The molecule has 3 N–H and O–H groups in total. The molecule has 2 aliphatic heterocycles. The zero-order valence-electron chi connectivity index (χ0n) is 30.6. The van der Waals surface area contributed by atoms with Gasteiger partial charge in [0.25, 0.3) is 11.6 Å². The maximum atomic E-state index is 14.0. The quantitative estimate of drug-likeness (QED) is 0.0515. The van der Waals surface area contributed by atoms with Crippen molar-refractivity contribution in [3.05, 3.63) is 149 Å². The lowest BCUT2D eigenvalue weighted by Gasteiger charge is -2.58. The molecule has 12 nitrogen and oxygen atoms in total. The van der Waals surface area contributed by atoms with Crippen LogP contribution in [0.5, 0.6) is 0 Å². The molecule has 282 valence electrons. The number of hydrogen-bond donors (Lipinski definition) is 3. The molecule has 0 radical (unpaired) electrons. The third kappa shape index (κ3) is 7.08. The van der Waals surface area contributed by atoms with Crippen LogP contribution in [0.25, 0.3) is 0 Å². The monoisotopic (exact) mass is 776 g/mol. The van der Waals surface area contributed by atoms with E-state index in [1.54, 1.807) is 50.5 Å². The van der Waals surface area contributed by atoms with Crippen LogP contribution in [0, 0.1) is 0 Å². The van der Waals surface area contributed by atoms with Gasteiger partial charge in [-0.3, -0.25) is 19.5 Å². The Morgan fingerprint density at radius 1 is 0.909 bits per heavy atom. The number of oxime groups is 1. The topological polar surface area (TPSA) is 155 Å². The van der Waals surface area contributed by atoms with E-state index in [1.165, 1.54) is 30.2 Å². The van der Waals surface area contributed by atoms with Crippen LogP contribution in [-0.2, 0) is 29.5 Å². The summed E-state index contributed by atoms with van der Waals surface area (Å²) in [7, 11) is 1.32. The average molecular weight is 777 g/mol. The average Bonchev–Trinajstić information content (AvgIpc) is 3.66. The molecule has 4 heterocycles. The van der Waals surface area contributed by atoms with Gasteiger partial charge in [-0.25, -0.2) is 9.78 Å². The molecule has 3 aromatic carbocycles. The first kappa shape index (κ1) is 37.7. The summed E-state index contributed by atoms with van der Waals surface area (Å²) < 4.78 is 5.64. The second kappa shape index (κ2) is 15.3. The number of amides is 2. The van der Waals surface area contributed by atoms with E-state index < -0.39 is 52.0 Å². The molecule has 2 aliphatic rings. The molecule has 2 aromatic heterocycles. The standard InChI is InChI=1S/C41H40N6O6S2/c1-39(2,3)53-37(50)41(51)34(29-22-14-15-23-42-29)54-25-31-33(36(49)47(31)41)44-35(48)32(46-52-4)30-24-55-38(43-30)45-40(26-16-8-5-9-17-26,27-18-10-6-11-19-27)28-20-12-7-13-21-28/h5-24,31,33-34,51H,25H2,1-4H3,(H,43,45)(H,44,48). The SMILES string of the molecule is CON=C(C(=O)NC1C(=O)N2C1CSC(c1ccccn1)C2(O)C(=O)OC(C)(C)C)c1csc(NC(c2ccccc2)(c2ccccc2)c2ccccc2)n1. The minimum atomic E-state index is -2.38. The number of aliphatic hydroxyl groups is 1. The number of benzene rings is 3. The molecule has 0 bridgehead atoms. The molecule has 0 aliphatic carbocycles. The molecule has 5 aromatic rings. The smallest absolute Gasteiger partial charge is 0.362 e. The summed E-state index contributed by atoms with van der Waals surface area (Å²) in [6.45, 7) is 5.04. The molecule has 7 rings (SSSR count). The number of ether oxygens (including phenoxy) is 1. The number of anilines is 1. The molecule has 4 atom stereocenters. The summed E-state index contributed by atoms with van der Waals surface area (Å²) in [6.07, 6.45) is 1.56. The van der Waals surface area contributed by atoms with Crippen molar-refractivity contribution in [3.8, 4) is 0 Å². The van der Waals surface area contributed by atoms with Gasteiger partial charge in [-0.15, -0.1) is 23.1 Å². The van der Waals surface area contributed by atoms with Gasteiger partial charge in [0.2, 0.25) is 5.91 Å². The maximum Gasteiger partial charge on any atom is 0.362 e. The summed E-state index contributed by atoms with van der Waals surface area (Å²) in [5, 5.41) is 23.9. The van der Waals surface area contributed by atoms with Crippen molar-refractivity contribution in [2.24, 2.45) is 5.16 Å². The number of fused-ring (bicyclic) bond motifs is 1. The summed E-state index contributed by atoms with van der Waals surface area (Å²) in [4.78, 5) is 56.9. The fourth-order valence-electron chi connectivity index (χ4n) is 7.00. The second-order valence-corrected chi connectivity index (χ2v) is 16.1. The van der Waals surface area contributed by atoms with Crippen molar-refractivity contribution < 1.29 is 29.1 Å². The number of esters is 1. The van der Waals surface area contributed by atoms with Crippen LogP contribution in [0.3, 0.4) is 0 Å². The summed E-state index contributed by atoms with van der Waals surface area (Å²) >= 11 is 2.55. The molecule has 14 heteroatoms. The van der Waals surface area contributed by atoms with Crippen molar-refractivity contribution >= 4 is 51.7 Å². The molecule has 0 saturated carbocycles. The van der Waals surface area contributed by atoms with Crippen LogP contribution in [0.1, 0.15) is 54.1 Å². The Kier molecular flexibility index (Phi) is 10.5. The molecule has 0 spiro atoms. The lowest BCUT2D eigenvalue weighted by molar-refractivity contribution is -0.222. The van der Waals surface area contributed by atoms with Crippen molar-refractivity contribution in [2.75, 3.05) is 18.2 Å². The van der Waals surface area contributed by atoms with E-state index in [2.05, 4.69) is 57.2 Å². The highest BCUT2D eigenvalue weighted by Gasteiger charge is 2.67. The number of hydrogen-bond acceptors (Lipinski definition) is 12. The van der Waals surface area contributed by atoms with Crippen LogP contribution in [0.2, 0.25) is 0 Å². The Bertz CT molecular complexity index is 2090. The van der Waals surface area contributed by atoms with E-state index in [1.807, 2.05) is 54.6 Å². The predicted octanol–water partition coefficient (Wildman–Crippen LogP) is 5.51. The van der Waals surface area contributed by atoms with Gasteiger partial charge in [0.15, 0.2) is 10.8 Å². The van der Waals surface area contributed by atoms with Gasteiger partial charge in [0.05, 0.1) is 11.7 Å². The Labute approximate surface area is 327 Å². The number of carbonyl (C=O) groups is 3. The first-order valence-corrected chi connectivity index (χ1v) is 19.5. The molecule has 2 fully saturated rings. The minimum Gasteiger partial charge on any atom is -0.456 e. The third-order valence-electron chi connectivity index (χ3n) is 9.39.